The van der Waals surface area contributed by atoms with Gasteiger partial charge in [-0.1, -0.05) is 11.3 Å². The number of nitrogens with zero attached hydrogens (tertiary/aromatic N) is 1. The van der Waals surface area contributed by atoms with Crippen LogP contribution in [0.25, 0.3) is 10.6 Å². The molecule has 2 heterocycles. The van der Waals surface area contributed by atoms with Crippen molar-refractivity contribution in [3.63, 3.8) is 0 Å². The van der Waals surface area contributed by atoms with E-state index in [0.717, 1.165) is 12.1 Å². The SMILES string of the molecule is CC(C)(C)OC(=O)Nc1sc(-c2c(F)cc(C3(F)CCOCC3)cc2F)nc1C(=O)O. The van der Waals surface area contributed by atoms with E-state index in [1.165, 1.54) is 0 Å². The molecule has 0 unspecified atom stereocenters. The number of carboxylic acid groups (broad SMARTS) is 1. The van der Waals surface area contributed by atoms with Crippen LogP contribution < -0.4 is 5.32 Å². The second kappa shape index (κ2) is 8.46. The Kier molecular flexibility index (Phi) is 6.28. The number of aromatic nitrogens is 1. The molecule has 2 N–H and O–H groups in total. The van der Waals surface area contributed by atoms with Crippen LogP contribution in [0.3, 0.4) is 0 Å². The lowest BCUT2D eigenvalue weighted by Crippen LogP contribution is -2.29. The quantitative estimate of drug-likeness (QED) is 0.661. The van der Waals surface area contributed by atoms with E-state index in [1.807, 2.05) is 0 Å². The molecule has 0 spiro atoms. The van der Waals surface area contributed by atoms with Gasteiger partial charge in [0.1, 0.15) is 32.9 Å². The number of carbonyl (C=O) groups is 2. The number of anilines is 1. The molecule has 1 aliphatic rings. The van der Waals surface area contributed by atoms with Crippen LogP contribution in [0, 0.1) is 11.6 Å². The number of thiazole rings is 1. The summed E-state index contributed by atoms with van der Waals surface area (Å²) in [6.07, 6.45) is -1.01. The van der Waals surface area contributed by atoms with Gasteiger partial charge in [0.25, 0.3) is 0 Å². The van der Waals surface area contributed by atoms with E-state index in [4.69, 9.17) is 9.47 Å². The van der Waals surface area contributed by atoms with Gasteiger partial charge in [0, 0.05) is 26.1 Å². The summed E-state index contributed by atoms with van der Waals surface area (Å²) in [7, 11) is 0. The fourth-order valence-corrected chi connectivity index (χ4v) is 4.06. The van der Waals surface area contributed by atoms with Gasteiger partial charge in [0.05, 0.1) is 5.56 Å². The van der Waals surface area contributed by atoms with E-state index in [2.05, 4.69) is 10.3 Å². The number of alkyl halides is 1. The van der Waals surface area contributed by atoms with Crippen molar-refractivity contribution in [2.45, 2.75) is 44.9 Å². The van der Waals surface area contributed by atoms with Crippen LogP contribution in [0.1, 0.15) is 49.7 Å². The Bertz CT molecular complexity index is 990. The fraction of sp³-hybridized carbons (Fsp3) is 0.450. The molecule has 1 aliphatic heterocycles. The van der Waals surface area contributed by atoms with Crippen molar-refractivity contribution in [3.8, 4) is 10.6 Å². The number of carbonyl (C=O) groups excluding carboxylic acids is 1. The van der Waals surface area contributed by atoms with Gasteiger partial charge in [-0.05, 0) is 38.5 Å². The standard InChI is InChI=1S/C20H21F3N2O5S/c1-19(2,3)30-18(28)25-16-14(17(26)27)24-15(31-16)13-11(21)8-10(9-12(13)22)20(23)4-6-29-7-5-20/h8-9H,4-7H2,1-3H3,(H,25,28)(H,26,27). The molecule has 0 atom stereocenters. The number of ether oxygens (including phenoxy) is 2. The topological polar surface area (TPSA) is 97.8 Å². The molecule has 31 heavy (non-hydrogen) atoms. The van der Waals surface area contributed by atoms with Crippen molar-refractivity contribution in [2.75, 3.05) is 18.5 Å². The van der Waals surface area contributed by atoms with Crippen LogP contribution in [0.2, 0.25) is 0 Å². The van der Waals surface area contributed by atoms with Gasteiger partial charge in [0.2, 0.25) is 0 Å². The first-order valence-electron chi connectivity index (χ1n) is 9.40. The van der Waals surface area contributed by atoms with Gasteiger partial charge in [-0.3, -0.25) is 5.32 Å². The first kappa shape index (κ1) is 23.0. The van der Waals surface area contributed by atoms with Crippen molar-refractivity contribution >= 4 is 28.4 Å². The zero-order valence-corrected chi connectivity index (χ0v) is 17.9. The highest BCUT2D eigenvalue weighted by Gasteiger charge is 2.36. The summed E-state index contributed by atoms with van der Waals surface area (Å²) in [5.74, 6) is -3.68. The van der Waals surface area contributed by atoms with E-state index < -0.39 is 46.2 Å². The van der Waals surface area contributed by atoms with Gasteiger partial charge >= 0.3 is 12.1 Å². The summed E-state index contributed by atoms with van der Waals surface area (Å²) >= 11 is 0.566. The molecule has 1 saturated heterocycles. The average molecular weight is 458 g/mol. The van der Waals surface area contributed by atoms with Crippen LogP contribution >= 0.6 is 11.3 Å². The van der Waals surface area contributed by atoms with Crippen molar-refractivity contribution in [1.82, 2.24) is 4.98 Å². The minimum atomic E-state index is -1.92. The van der Waals surface area contributed by atoms with Crippen molar-refractivity contribution in [1.29, 1.82) is 0 Å². The molecule has 1 amide bonds. The zero-order chi connectivity index (χ0) is 23.0. The largest absolute Gasteiger partial charge is 0.476 e. The predicted octanol–water partition coefficient (Wildman–Crippen LogP) is 5.11. The molecule has 1 aromatic carbocycles. The maximum Gasteiger partial charge on any atom is 0.412 e. The van der Waals surface area contributed by atoms with E-state index in [1.54, 1.807) is 20.8 Å². The molecular formula is C20H21F3N2O5S. The van der Waals surface area contributed by atoms with Crippen LogP contribution in [-0.2, 0) is 15.1 Å². The number of aromatic carboxylic acids is 1. The van der Waals surface area contributed by atoms with Gasteiger partial charge in [-0.15, -0.1) is 0 Å². The van der Waals surface area contributed by atoms with Crippen molar-refractivity contribution in [2.24, 2.45) is 0 Å². The summed E-state index contributed by atoms with van der Waals surface area (Å²) in [4.78, 5) is 27.3. The number of hydrogen-bond donors (Lipinski definition) is 2. The number of amides is 1. The zero-order valence-electron chi connectivity index (χ0n) is 17.1. The molecule has 0 saturated carbocycles. The number of nitrogens with one attached hydrogen (secondary N) is 1. The van der Waals surface area contributed by atoms with Gasteiger partial charge < -0.3 is 14.6 Å². The van der Waals surface area contributed by atoms with Gasteiger partial charge in [0.15, 0.2) is 5.69 Å². The first-order valence-corrected chi connectivity index (χ1v) is 10.2. The number of carboxylic acids is 1. The van der Waals surface area contributed by atoms with Crippen LogP contribution in [0.5, 0.6) is 0 Å². The second-order valence-electron chi connectivity index (χ2n) is 8.02. The molecule has 0 bridgehead atoms. The molecule has 0 aliphatic carbocycles. The normalized spacial score (nSPS) is 16.1. The summed E-state index contributed by atoms with van der Waals surface area (Å²) in [6.45, 7) is 5.12. The minimum Gasteiger partial charge on any atom is -0.476 e. The number of hydrogen-bond acceptors (Lipinski definition) is 6. The predicted molar refractivity (Wildman–Crippen MR) is 107 cm³/mol. The molecule has 1 aromatic heterocycles. The van der Waals surface area contributed by atoms with E-state index in [9.17, 15) is 23.5 Å². The molecule has 11 heteroatoms. The van der Waals surface area contributed by atoms with Gasteiger partial charge in [-0.25, -0.2) is 27.7 Å². The molecule has 3 rings (SSSR count). The Hall–Kier alpha value is -2.66. The minimum absolute atomic E-state index is 0.0321. The highest BCUT2D eigenvalue weighted by molar-refractivity contribution is 7.19. The Balaban J connectivity index is 1.97. The number of benzene rings is 1. The number of halogens is 3. The lowest BCUT2D eigenvalue weighted by molar-refractivity contribution is -0.0117. The monoisotopic (exact) mass is 458 g/mol. The molecule has 0 radical (unpaired) electrons. The lowest BCUT2D eigenvalue weighted by atomic mass is 9.87. The molecule has 1 fully saturated rings. The number of rotatable bonds is 4. The first-order chi connectivity index (χ1) is 14.4. The highest BCUT2D eigenvalue weighted by atomic mass is 32.1. The Morgan fingerprint density at radius 1 is 1.23 bits per heavy atom. The van der Waals surface area contributed by atoms with Crippen LogP contribution in [0.4, 0.5) is 23.0 Å². The molecule has 7 nitrogen and oxygen atoms in total. The van der Waals surface area contributed by atoms with Crippen molar-refractivity contribution < 1.29 is 37.3 Å². The Labute approximate surface area is 180 Å². The maximum absolute atomic E-state index is 15.1. The van der Waals surface area contributed by atoms with Gasteiger partial charge in [-0.2, -0.15) is 0 Å². The summed E-state index contributed by atoms with van der Waals surface area (Å²) in [6, 6.07) is 1.76. The Morgan fingerprint density at radius 3 is 2.32 bits per heavy atom. The summed E-state index contributed by atoms with van der Waals surface area (Å²) < 4.78 is 54.9. The molecular weight excluding hydrogens is 437 g/mol. The van der Waals surface area contributed by atoms with E-state index in [-0.39, 0.29) is 41.6 Å². The van der Waals surface area contributed by atoms with Crippen molar-refractivity contribution in [3.05, 3.63) is 35.0 Å². The smallest absolute Gasteiger partial charge is 0.412 e. The van der Waals surface area contributed by atoms with Crippen LogP contribution in [0.15, 0.2) is 12.1 Å². The third-order valence-electron chi connectivity index (χ3n) is 4.50. The summed E-state index contributed by atoms with van der Waals surface area (Å²) in [5, 5.41) is 11.0. The molecule has 2 aromatic rings. The van der Waals surface area contributed by atoms with Crippen LogP contribution in [-0.4, -0.2) is 41.0 Å². The third-order valence-corrected chi connectivity index (χ3v) is 5.49. The second-order valence-corrected chi connectivity index (χ2v) is 9.02. The highest BCUT2D eigenvalue weighted by Crippen LogP contribution is 2.41. The third kappa shape index (κ3) is 5.16. The molecule has 168 valence electrons. The maximum atomic E-state index is 15.1. The summed E-state index contributed by atoms with van der Waals surface area (Å²) in [5.41, 5.74) is -4.13. The Morgan fingerprint density at radius 2 is 1.81 bits per heavy atom. The lowest BCUT2D eigenvalue weighted by Gasteiger charge is -2.30. The average Bonchev–Trinajstić information content (AvgIpc) is 3.03. The fourth-order valence-electron chi connectivity index (χ4n) is 3.07. The van der Waals surface area contributed by atoms with E-state index >= 15 is 4.39 Å². The van der Waals surface area contributed by atoms with E-state index in [0.29, 0.717) is 11.3 Å².